The molecule has 0 spiro atoms. The summed E-state index contributed by atoms with van der Waals surface area (Å²) in [5.74, 6) is 10.3. The molecule has 1 saturated heterocycles. The molecule has 5 heteroatoms. The molecule has 0 saturated carbocycles. The van der Waals surface area contributed by atoms with Crippen molar-refractivity contribution in [3.8, 4) is 11.5 Å². The molecule has 0 amide bonds. The lowest BCUT2D eigenvalue weighted by molar-refractivity contribution is 0.359. The first-order valence-corrected chi connectivity index (χ1v) is 7.21. The first-order valence-electron chi connectivity index (χ1n) is 6.06. The molecule has 100 valence electrons. The number of methoxy groups -OCH3 is 2. The van der Waals surface area contributed by atoms with E-state index in [9.17, 15) is 0 Å². The summed E-state index contributed by atoms with van der Waals surface area (Å²) in [5.41, 5.74) is 4.04. The SMILES string of the molecule is COc1ccc(C(NN)C2CCSC2)c(OC)c1. The molecule has 1 aliphatic heterocycles. The van der Waals surface area contributed by atoms with E-state index in [0.29, 0.717) is 5.92 Å². The van der Waals surface area contributed by atoms with Gasteiger partial charge in [0.05, 0.1) is 20.3 Å². The van der Waals surface area contributed by atoms with Crippen LogP contribution in [0.25, 0.3) is 0 Å². The lowest BCUT2D eigenvalue weighted by atomic mass is 9.92. The highest BCUT2D eigenvalue weighted by molar-refractivity contribution is 7.99. The van der Waals surface area contributed by atoms with E-state index >= 15 is 0 Å². The second kappa shape index (κ2) is 6.31. The molecule has 4 nitrogen and oxygen atoms in total. The smallest absolute Gasteiger partial charge is 0.127 e. The lowest BCUT2D eigenvalue weighted by Crippen LogP contribution is -2.33. The molecule has 1 fully saturated rings. The summed E-state index contributed by atoms with van der Waals surface area (Å²) in [7, 11) is 3.33. The molecule has 3 N–H and O–H groups in total. The van der Waals surface area contributed by atoms with E-state index in [2.05, 4.69) is 5.43 Å². The zero-order chi connectivity index (χ0) is 13.0. The van der Waals surface area contributed by atoms with Crippen LogP contribution in [-0.2, 0) is 0 Å². The summed E-state index contributed by atoms with van der Waals surface area (Å²) in [4.78, 5) is 0. The van der Waals surface area contributed by atoms with E-state index in [0.717, 1.165) is 22.8 Å². The van der Waals surface area contributed by atoms with Crippen molar-refractivity contribution in [2.75, 3.05) is 25.7 Å². The van der Waals surface area contributed by atoms with Crippen molar-refractivity contribution in [1.82, 2.24) is 5.43 Å². The van der Waals surface area contributed by atoms with Crippen molar-refractivity contribution >= 4 is 11.8 Å². The zero-order valence-corrected chi connectivity index (χ0v) is 11.6. The number of nitrogens with two attached hydrogens (primary N) is 1. The van der Waals surface area contributed by atoms with Crippen LogP contribution in [0, 0.1) is 5.92 Å². The molecule has 0 bridgehead atoms. The molecular weight excluding hydrogens is 248 g/mol. The van der Waals surface area contributed by atoms with Crippen LogP contribution < -0.4 is 20.7 Å². The minimum absolute atomic E-state index is 0.140. The molecule has 1 aromatic rings. The average molecular weight is 268 g/mol. The first kappa shape index (κ1) is 13.5. The van der Waals surface area contributed by atoms with Gasteiger partial charge in [0.2, 0.25) is 0 Å². The molecule has 0 radical (unpaired) electrons. The predicted octanol–water partition coefficient (Wildman–Crippen LogP) is 1.96. The fourth-order valence-electron chi connectivity index (χ4n) is 2.37. The number of thioether (sulfide) groups is 1. The Morgan fingerprint density at radius 3 is 2.78 bits per heavy atom. The molecule has 2 unspecified atom stereocenters. The Morgan fingerprint density at radius 1 is 1.39 bits per heavy atom. The first-order chi connectivity index (χ1) is 8.80. The van der Waals surface area contributed by atoms with Crippen molar-refractivity contribution in [1.29, 1.82) is 0 Å². The van der Waals surface area contributed by atoms with Crippen LogP contribution in [0.15, 0.2) is 18.2 Å². The summed E-state index contributed by atoms with van der Waals surface area (Å²) < 4.78 is 10.7. The van der Waals surface area contributed by atoms with Crippen molar-refractivity contribution in [3.63, 3.8) is 0 Å². The quantitative estimate of drug-likeness (QED) is 0.631. The van der Waals surface area contributed by atoms with Gasteiger partial charge in [0.1, 0.15) is 11.5 Å². The van der Waals surface area contributed by atoms with Crippen molar-refractivity contribution in [3.05, 3.63) is 23.8 Å². The van der Waals surface area contributed by atoms with E-state index < -0.39 is 0 Å². The Labute approximate surface area is 112 Å². The fraction of sp³-hybridized carbons (Fsp3) is 0.538. The average Bonchev–Trinajstić information content (AvgIpc) is 2.94. The van der Waals surface area contributed by atoms with Crippen LogP contribution in [0.4, 0.5) is 0 Å². The Kier molecular flexibility index (Phi) is 4.74. The molecule has 1 aromatic carbocycles. The van der Waals surface area contributed by atoms with Gasteiger partial charge in [0, 0.05) is 11.6 Å². The highest BCUT2D eigenvalue weighted by atomic mass is 32.2. The van der Waals surface area contributed by atoms with Gasteiger partial charge in [-0.25, -0.2) is 0 Å². The summed E-state index contributed by atoms with van der Waals surface area (Å²) in [5, 5.41) is 0. The van der Waals surface area contributed by atoms with Crippen LogP contribution in [0.1, 0.15) is 18.0 Å². The second-order valence-corrected chi connectivity index (χ2v) is 5.53. The van der Waals surface area contributed by atoms with Gasteiger partial charge in [-0.05, 0) is 29.9 Å². The standard InChI is InChI=1S/C13H20N2O2S/c1-16-10-3-4-11(12(7-10)17-2)13(15-14)9-5-6-18-8-9/h3-4,7,9,13,15H,5-6,8,14H2,1-2H3. The highest BCUT2D eigenvalue weighted by Gasteiger charge is 2.28. The molecule has 2 atom stereocenters. The van der Waals surface area contributed by atoms with E-state index in [1.54, 1.807) is 14.2 Å². The molecule has 2 rings (SSSR count). The van der Waals surface area contributed by atoms with Gasteiger partial charge >= 0.3 is 0 Å². The van der Waals surface area contributed by atoms with Gasteiger partial charge in [-0.2, -0.15) is 11.8 Å². The maximum atomic E-state index is 5.73. The molecule has 18 heavy (non-hydrogen) atoms. The Hall–Kier alpha value is -0.910. The van der Waals surface area contributed by atoms with Gasteiger partial charge in [0.15, 0.2) is 0 Å². The largest absolute Gasteiger partial charge is 0.497 e. The monoisotopic (exact) mass is 268 g/mol. The van der Waals surface area contributed by atoms with Crippen LogP contribution in [0.5, 0.6) is 11.5 Å². The maximum absolute atomic E-state index is 5.73. The Balaban J connectivity index is 2.28. The van der Waals surface area contributed by atoms with Crippen molar-refractivity contribution in [2.45, 2.75) is 12.5 Å². The number of benzene rings is 1. The van der Waals surface area contributed by atoms with Gasteiger partial charge in [-0.1, -0.05) is 6.07 Å². The predicted molar refractivity (Wildman–Crippen MR) is 75.0 cm³/mol. The lowest BCUT2D eigenvalue weighted by Gasteiger charge is -2.24. The third-order valence-electron chi connectivity index (χ3n) is 3.39. The summed E-state index contributed by atoms with van der Waals surface area (Å²) in [6.45, 7) is 0. The number of rotatable bonds is 5. The van der Waals surface area contributed by atoms with Crippen LogP contribution in [-0.4, -0.2) is 25.7 Å². The molecule has 0 aromatic heterocycles. The normalized spacial score (nSPS) is 20.7. The number of nitrogens with one attached hydrogen (secondary N) is 1. The number of hydrogen-bond acceptors (Lipinski definition) is 5. The van der Waals surface area contributed by atoms with Crippen molar-refractivity contribution < 1.29 is 9.47 Å². The second-order valence-electron chi connectivity index (χ2n) is 4.38. The van der Waals surface area contributed by atoms with Gasteiger partial charge in [-0.3, -0.25) is 11.3 Å². The minimum atomic E-state index is 0.140. The third-order valence-corrected chi connectivity index (χ3v) is 4.58. The summed E-state index contributed by atoms with van der Waals surface area (Å²) in [6.07, 6.45) is 1.19. The Bertz CT molecular complexity index is 395. The van der Waals surface area contributed by atoms with Crippen molar-refractivity contribution in [2.24, 2.45) is 11.8 Å². The van der Waals surface area contributed by atoms with Gasteiger partial charge in [0.25, 0.3) is 0 Å². The molecule has 1 aliphatic rings. The van der Waals surface area contributed by atoms with E-state index in [1.165, 1.54) is 12.2 Å². The number of ether oxygens (including phenoxy) is 2. The van der Waals surface area contributed by atoms with Gasteiger partial charge in [-0.15, -0.1) is 0 Å². The number of hydrogen-bond donors (Lipinski definition) is 2. The Morgan fingerprint density at radius 2 is 2.22 bits per heavy atom. The van der Waals surface area contributed by atoms with Crippen LogP contribution in [0.3, 0.4) is 0 Å². The van der Waals surface area contributed by atoms with Crippen LogP contribution in [0.2, 0.25) is 0 Å². The van der Waals surface area contributed by atoms with Crippen LogP contribution >= 0.6 is 11.8 Å². The zero-order valence-electron chi connectivity index (χ0n) is 10.8. The maximum Gasteiger partial charge on any atom is 0.127 e. The molecular formula is C13H20N2O2S. The number of hydrazine groups is 1. The molecule has 1 heterocycles. The third kappa shape index (κ3) is 2.74. The summed E-state index contributed by atoms with van der Waals surface area (Å²) >= 11 is 1.98. The summed E-state index contributed by atoms with van der Waals surface area (Å²) in [6, 6.07) is 6.03. The fourth-order valence-corrected chi connectivity index (χ4v) is 3.67. The van der Waals surface area contributed by atoms with E-state index in [4.69, 9.17) is 15.3 Å². The topological polar surface area (TPSA) is 56.5 Å². The van der Waals surface area contributed by atoms with E-state index in [1.807, 2.05) is 30.0 Å². The highest BCUT2D eigenvalue weighted by Crippen LogP contribution is 2.38. The molecule has 0 aliphatic carbocycles. The van der Waals surface area contributed by atoms with Gasteiger partial charge < -0.3 is 9.47 Å². The minimum Gasteiger partial charge on any atom is -0.497 e. The van der Waals surface area contributed by atoms with E-state index in [-0.39, 0.29) is 6.04 Å².